The van der Waals surface area contributed by atoms with Crippen LogP contribution < -0.4 is 9.46 Å². The molecule has 8 heteroatoms. The van der Waals surface area contributed by atoms with E-state index in [1.54, 1.807) is 13.0 Å². The van der Waals surface area contributed by atoms with Crippen molar-refractivity contribution >= 4 is 16.0 Å². The second kappa shape index (κ2) is 6.43. The van der Waals surface area contributed by atoms with Crippen LogP contribution in [-0.2, 0) is 16.6 Å². The van der Waals surface area contributed by atoms with Crippen LogP contribution in [0.4, 0.5) is 0 Å². The van der Waals surface area contributed by atoms with E-state index in [4.69, 9.17) is 14.3 Å². The average Bonchev–Trinajstić information content (AvgIpc) is 2.86. The number of rotatable bonds is 6. The molecule has 0 spiro atoms. The van der Waals surface area contributed by atoms with Gasteiger partial charge in [0.1, 0.15) is 22.8 Å². The molecule has 0 amide bonds. The second-order valence-electron chi connectivity index (χ2n) is 4.94. The first-order valence-electron chi connectivity index (χ1n) is 6.71. The lowest BCUT2D eigenvalue weighted by Gasteiger charge is -2.09. The Hall–Kier alpha value is -2.32. The highest BCUT2D eigenvalue weighted by Crippen LogP contribution is 2.21. The maximum atomic E-state index is 12.3. The fraction of sp³-hybridized carbons (Fsp3) is 0.267. The Morgan fingerprint density at radius 3 is 2.52 bits per heavy atom. The average molecular weight is 339 g/mol. The van der Waals surface area contributed by atoms with Gasteiger partial charge in [-0.05, 0) is 43.7 Å². The molecule has 0 fully saturated rings. The van der Waals surface area contributed by atoms with Crippen molar-refractivity contribution in [2.24, 2.45) is 0 Å². The largest absolute Gasteiger partial charge is 0.496 e. The second-order valence-corrected chi connectivity index (χ2v) is 6.71. The number of nitrogens with one attached hydrogen (secondary N) is 1. The van der Waals surface area contributed by atoms with Crippen LogP contribution in [0.5, 0.6) is 5.75 Å². The molecule has 0 saturated carbocycles. The third kappa shape index (κ3) is 3.72. The molecule has 0 aliphatic rings. The summed E-state index contributed by atoms with van der Waals surface area (Å²) in [7, 11) is -2.23. The number of carboxylic acids is 1. The molecular formula is C15H17NO6S. The van der Waals surface area contributed by atoms with Crippen molar-refractivity contribution in [1.29, 1.82) is 0 Å². The van der Waals surface area contributed by atoms with Crippen molar-refractivity contribution in [3.63, 3.8) is 0 Å². The number of hydrogen-bond donors (Lipinski definition) is 2. The minimum atomic E-state index is -3.74. The lowest BCUT2D eigenvalue weighted by Crippen LogP contribution is -2.23. The zero-order valence-corrected chi connectivity index (χ0v) is 13.7. The molecule has 2 rings (SSSR count). The molecule has 23 heavy (non-hydrogen) atoms. The number of ether oxygens (including phenoxy) is 1. The van der Waals surface area contributed by atoms with Crippen LogP contribution in [0, 0.1) is 13.8 Å². The maximum absolute atomic E-state index is 12.3. The minimum absolute atomic E-state index is 0.0134. The molecule has 2 N–H and O–H groups in total. The fourth-order valence-electron chi connectivity index (χ4n) is 2.11. The van der Waals surface area contributed by atoms with Gasteiger partial charge < -0.3 is 14.3 Å². The minimum Gasteiger partial charge on any atom is -0.496 e. The monoisotopic (exact) mass is 339 g/mol. The SMILES string of the molecule is COc1ccc(S(=O)(=O)NCc2cc(C(=O)O)c(C)o2)cc1C. The van der Waals surface area contributed by atoms with Gasteiger partial charge in [0, 0.05) is 0 Å². The van der Waals surface area contributed by atoms with E-state index in [-0.39, 0.29) is 28.5 Å². The van der Waals surface area contributed by atoms with Gasteiger partial charge in [-0.2, -0.15) is 0 Å². The van der Waals surface area contributed by atoms with Gasteiger partial charge in [-0.25, -0.2) is 17.9 Å². The van der Waals surface area contributed by atoms with Crippen LogP contribution in [0.3, 0.4) is 0 Å². The highest BCUT2D eigenvalue weighted by atomic mass is 32.2. The molecular weight excluding hydrogens is 322 g/mol. The standard InChI is InChI=1S/C15H17NO6S/c1-9-6-12(4-5-14(9)21-3)23(19,20)16-8-11-7-13(15(17)18)10(2)22-11/h4-7,16H,8H2,1-3H3,(H,17,18). The number of sulfonamides is 1. The molecule has 0 bridgehead atoms. The lowest BCUT2D eigenvalue weighted by molar-refractivity contribution is 0.0695. The summed E-state index contributed by atoms with van der Waals surface area (Å²) in [5.74, 6) is -0.0662. The first-order valence-corrected chi connectivity index (χ1v) is 8.20. The summed E-state index contributed by atoms with van der Waals surface area (Å²) in [6.45, 7) is 3.11. The Balaban J connectivity index is 2.17. The van der Waals surface area contributed by atoms with Crippen molar-refractivity contribution in [3.05, 3.63) is 46.9 Å². The summed E-state index contributed by atoms with van der Waals surface area (Å²) in [6.07, 6.45) is 0. The first-order chi connectivity index (χ1) is 10.7. The van der Waals surface area contributed by atoms with Gasteiger partial charge in [-0.3, -0.25) is 0 Å². The molecule has 0 atom stereocenters. The lowest BCUT2D eigenvalue weighted by atomic mass is 10.2. The smallest absolute Gasteiger partial charge is 0.339 e. The quantitative estimate of drug-likeness (QED) is 0.834. The zero-order valence-electron chi connectivity index (χ0n) is 12.9. The van der Waals surface area contributed by atoms with Crippen molar-refractivity contribution in [2.45, 2.75) is 25.3 Å². The first kappa shape index (κ1) is 17.0. The zero-order chi connectivity index (χ0) is 17.2. The van der Waals surface area contributed by atoms with E-state index in [1.165, 1.54) is 32.2 Å². The van der Waals surface area contributed by atoms with Crippen LogP contribution in [0.2, 0.25) is 0 Å². The van der Waals surface area contributed by atoms with Gasteiger partial charge in [0.25, 0.3) is 0 Å². The van der Waals surface area contributed by atoms with Gasteiger partial charge in [-0.15, -0.1) is 0 Å². The summed E-state index contributed by atoms with van der Waals surface area (Å²) in [6, 6.07) is 5.81. The molecule has 1 aromatic heterocycles. The van der Waals surface area contributed by atoms with Crippen molar-refractivity contribution in [2.75, 3.05) is 7.11 Å². The van der Waals surface area contributed by atoms with Crippen LogP contribution in [0.25, 0.3) is 0 Å². The fourth-order valence-corrected chi connectivity index (χ4v) is 3.19. The van der Waals surface area contributed by atoms with Crippen molar-refractivity contribution in [3.8, 4) is 5.75 Å². The van der Waals surface area contributed by atoms with E-state index in [2.05, 4.69) is 4.72 Å². The Labute approximate surface area is 133 Å². The van der Waals surface area contributed by atoms with E-state index < -0.39 is 16.0 Å². The van der Waals surface area contributed by atoms with Gasteiger partial charge >= 0.3 is 5.97 Å². The summed E-state index contributed by atoms with van der Waals surface area (Å²) in [4.78, 5) is 11.0. The molecule has 1 aromatic carbocycles. The number of hydrogen-bond acceptors (Lipinski definition) is 5. The van der Waals surface area contributed by atoms with Crippen LogP contribution in [-0.4, -0.2) is 26.6 Å². The van der Waals surface area contributed by atoms with Gasteiger partial charge in [0.2, 0.25) is 10.0 Å². The Morgan fingerprint density at radius 1 is 1.30 bits per heavy atom. The van der Waals surface area contributed by atoms with E-state index in [0.29, 0.717) is 11.3 Å². The molecule has 1 heterocycles. The molecule has 124 valence electrons. The maximum Gasteiger partial charge on any atom is 0.339 e. The number of benzene rings is 1. The van der Waals surface area contributed by atoms with E-state index >= 15 is 0 Å². The molecule has 0 aliphatic heterocycles. The number of carboxylic acid groups (broad SMARTS) is 1. The summed E-state index contributed by atoms with van der Waals surface area (Å²) >= 11 is 0. The van der Waals surface area contributed by atoms with E-state index in [0.717, 1.165) is 0 Å². The van der Waals surface area contributed by atoms with Crippen molar-refractivity contribution in [1.82, 2.24) is 4.72 Å². The van der Waals surface area contributed by atoms with Crippen LogP contribution in [0.15, 0.2) is 33.6 Å². The Bertz CT molecular complexity index is 838. The summed E-state index contributed by atoms with van der Waals surface area (Å²) in [5.41, 5.74) is 0.705. The third-order valence-electron chi connectivity index (χ3n) is 3.31. The van der Waals surface area contributed by atoms with Gasteiger partial charge in [-0.1, -0.05) is 0 Å². The molecule has 0 radical (unpaired) electrons. The van der Waals surface area contributed by atoms with Crippen LogP contribution in [0.1, 0.15) is 27.4 Å². The number of aromatic carboxylic acids is 1. The topological polar surface area (TPSA) is 106 Å². The summed E-state index contributed by atoms with van der Waals surface area (Å²) < 4.78 is 37.3. The highest BCUT2D eigenvalue weighted by molar-refractivity contribution is 7.89. The van der Waals surface area contributed by atoms with Crippen molar-refractivity contribution < 1.29 is 27.5 Å². The predicted molar refractivity (Wildman–Crippen MR) is 82.2 cm³/mol. The molecule has 0 aliphatic carbocycles. The molecule has 0 saturated heterocycles. The Kier molecular flexibility index (Phi) is 4.76. The molecule has 0 unspecified atom stereocenters. The van der Waals surface area contributed by atoms with Gasteiger partial charge in [0.05, 0.1) is 18.6 Å². The number of methoxy groups -OCH3 is 1. The molecule has 7 nitrogen and oxygen atoms in total. The summed E-state index contributed by atoms with van der Waals surface area (Å²) in [5, 5.41) is 8.95. The third-order valence-corrected chi connectivity index (χ3v) is 4.71. The number of carbonyl (C=O) groups is 1. The highest BCUT2D eigenvalue weighted by Gasteiger charge is 2.18. The number of furan rings is 1. The van der Waals surface area contributed by atoms with E-state index in [9.17, 15) is 13.2 Å². The molecule has 2 aromatic rings. The van der Waals surface area contributed by atoms with Gasteiger partial charge in [0.15, 0.2) is 0 Å². The normalized spacial score (nSPS) is 11.4. The Morgan fingerprint density at radius 2 is 2.00 bits per heavy atom. The van der Waals surface area contributed by atoms with Crippen LogP contribution >= 0.6 is 0 Å². The van der Waals surface area contributed by atoms with E-state index in [1.807, 2.05) is 0 Å². The predicted octanol–water partition coefficient (Wildman–Crippen LogP) is 2.08. The number of aryl methyl sites for hydroxylation is 2.